The molecule has 0 heterocycles. The van der Waals surface area contributed by atoms with Crippen LogP contribution < -0.4 is 10.6 Å². The molecule has 8 heteroatoms. The van der Waals surface area contributed by atoms with Gasteiger partial charge in [0.25, 0.3) is 0 Å². The van der Waals surface area contributed by atoms with Crippen LogP contribution in [0, 0.1) is 0 Å². The third-order valence-corrected chi connectivity index (χ3v) is 6.15. The van der Waals surface area contributed by atoms with E-state index in [9.17, 15) is 19.5 Å². The smallest absolute Gasteiger partial charge is 0.408 e. The van der Waals surface area contributed by atoms with Crippen LogP contribution in [0.2, 0.25) is 0 Å². The molecule has 3 aromatic rings. The summed E-state index contributed by atoms with van der Waals surface area (Å²) in [5.74, 6) is -1.07. The quantitative estimate of drug-likeness (QED) is 0.208. The average Bonchev–Trinajstić information content (AvgIpc) is 2.98. The van der Waals surface area contributed by atoms with Crippen molar-refractivity contribution in [3.63, 3.8) is 0 Å². The Kier molecular flexibility index (Phi) is 12.4. The van der Waals surface area contributed by atoms with Crippen LogP contribution >= 0.6 is 0 Å². The van der Waals surface area contributed by atoms with E-state index in [1.807, 2.05) is 91.0 Å². The van der Waals surface area contributed by atoms with E-state index in [-0.39, 0.29) is 19.6 Å². The van der Waals surface area contributed by atoms with E-state index in [2.05, 4.69) is 10.6 Å². The van der Waals surface area contributed by atoms with Crippen molar-refractivity contribution in [2.24, 2.45) is 0 Å². The highest BCUT2D eigenvalue weighted by atomic mass is 16.5. The van der Waals surface area contributed by atoms with Gasteiger partial charge in [0, 0.05) is 12.5 Å². The van der Waals surface area contributed by atoms with Crippen LogP contribution in [0.3, 0.4) is 0 Å². The molecule has 210 valence electrons. The second-order valence-electron chi connectivity index (χ2n) is 9.19. The zero-order valence-electron chi connectivity index (χ0n) is 22.6. The van der Waals surface area contributed by atoms with Crippen molar-refractivity contribution < 1.29 is 29.0 Å². The number of hydrogen-bond acceptors (Lipinski definition) is 6. The van der Waals surface area contributed by atoms with Crippen LogP contribution in [0.5, 0.6) is 0 Å². The van der Waals surface area contributed by atoms with Crippen molar-refractivity contribution in [2.45, 2.75) is 51.0 Å². The monoisotopic (exact) mass is 544 g/mol. The lowest BCUT2D eigenvalue weighted by atomic mass is 9.99. The molecule has 3 N–H and O–H groups in total. The molecular weight excluding hydrogens is 508 g/mol. The van der Waals surface area contributed by atoms with Gasteiger partial charge in [-0.25, -0.2) is 9.59 Å². The lowest BCUT2D eigenvalue weighted by Crippen LogP contribution is -2.53. The number of alkyl carbamates (subject to hydrolysis) is 1. The van der Waals surface area contributed by atoms with Gasteiger partial charge >= 0.3 is 12.1 Å². The van der Waals surface area contributed by atoms with Gasteiger partial charge in [0.15, 0.2) is 0 Å². The summed E-state index contributed by atoms with van der Waals surface area (Å²) in [5, 5.41) is 16.4. The molecule has 0 aliphatic carbocycles. The first-order valence-corrected chi connectivity index (χ1v) is 13.3. The molecule has 0 fully saturated rings. The molecule has 0 saturated carbocycles. The lowest BCUT2D eigenvalue weighted by molar-refractivity contribution is -0.137. The summed E-state index contributed by atoms with van der Waals surface area (Å²) in [6.07, 6.45) is 1.74. The Morgan fingerprint density at radius 3 is 1.98 bits per heavy atom. The van der Waals surface area contributed by atoms with Crippen molar-refractivity contribution in [3.05, 3.63) is 120 Å². The minimum Gasteiger partial charge on any atom is -0.463 e. The number of aryl methyl sites for hydroxylation is 1. The highest BCUT2D eigenvalue weighted by molar-refractivity contribution is 5.86. The average molecular weight is 545 g/mol. The molecule has 0 radical (unpaired) electrons. The molecular formula is C32H36N2O6. The van der Waals surface area contributed by atoms with Crippen molar-refractivity contribution in [3.8, 4) is 0 Å². The highest BCUT2D eigenvalue weighted by Crippen LogP contribution is 2.11. The fraction of sp³-hybridized carbons (Fsp3) is 0.281. The Morgan fingerprint density at radius 1 is 0.800 bits per heavy atom. The van der Waals surface area contributed by atoms with E-state index in [1.165, 1.54) is 6.08 Å². The normalized spacial score (nSPS) is 13.2. The predicted molar refractivity (Wildman–Crippen MR) is 152 cm³/mol. The summed E-state index contributed by atoms with van der Waals surface area (Å²) in [6.45, 7) is 1.96. The minimum atomic E-state index is -1.17. The van der Waals surface area contributed by atoms with Crippen LogP contribution in [-0.4, -0.2) is 47.9 Å². The number of carbonyl (C=O) groups is 3. The summed E-state index contributed by atoms with van der Waals surface area (Å²) in [7, 11) is 0. The summed E-state index contributed by atoms with van der Waals surface area (Å²) in [6, 6.07) is 26.5. The number of ether oxygens (including phenoxy) is 2. The Morgan fingerprint density at radius 2 is 1.38 bits per heavy atom. The molecule has 0 bridgehead atoms. The number of nitrogens with one attached hydrogen (secondary N) is 2. The highest BCUT2D eigenvalue weighted by Gasteiger charge is 2.27. The van der Waals surface area contributed by atoms with Crippen molar-refractivity contribution in [2.75, 3.05) is 6.61 Å². The Labute approximate surface area is 235 Å². The second kappa shape index (κ2) is 16.5. The Hall–Kier alpha value is -4.43. The van der Waals surface area contributed by atoms with Crippen LogP contribution in [0.1, 0.15) is 30.0 Å². The van der Waals surface area contributed by atoms with E-state index in [1.54, 1.807) is 6.92 Å². The molecule has 40 heavy (non-hydrogen) atoms. The Bertz CT molecular complexity index is 1220. The van der Waals surface area contributed by atoms with Gasteiger partial charge in [-0.3, -0.25) is 4.79 Å². The first-order chi connectivity index (χ1) is 19.4. The van der Waals surface area contributed by atoms with Crippen molar-refractivity contribution >= 4 is 18.0 Å². The maximum atomic E-state index is 13.5. The van der Waals surface area contributed by atoms with Gasteiger partial charge < -0.3 is 25.2 Å². The number of hydrogen-bond donors (Lipinski definition) is 3. The molecule has 2 amide bonds. The maximum Gasteiger partial charge on any atom is 0.408 e. The van der Waals surface area contributed by atoms with Gasteiger partial charge in [0.05, 0.1) is 18.8 Å². The number of aliphatic hydroxyl groups excluding tert-OH is 1. The molecule has 0 aliphatic heterocycles. The fourth-order valence-corrected chi connectivity index (χ4v) is 4.05. The number of carbonyl (C=O) groups excluding carboxylic acids is 3. The minimum absolute atomic E-state index is 0.0589. The van der Waals surface area contributed by atoms with E-state index in [4.69, 9.17) is 9.47 Å². The molecule has 3 rings (SSSR count). The standard InChI is InChI=1S/C32H36N2O6/c1-2-39-30(36)21-20-29(35)27(19-18-24-12-6-3-7-13-24)33-31(37)28(22-25-14-8-4-9-15-25)34-32(38)40-23-26-16-10-5-11-17-26/h3-17,20-21,27-29,35H,2,18-19,22-23H2,1H3,(H,33,37)(H,34,38)/b21-20+/t27-,28-,29-/m0/s1. The van der Waals surface area contributed by atoms with Crippen molar-refractivity contribution in [1.29, 1.82) is 0 Å². The van der Waals surface area contributed by atoms with Gasteiger partial charge in [-0.1, -0.05) is 91.0 Å². The van der Waals surface area contributed by atoms with Crippen LogP contribution in [-0.2, 0) is 38.5 Å². The molecule has 8 nitrogen and oxygen atoms in total. The molecule has 0 saturated heterocycles. The molecule has 0 unspecified atom stereocenters. The summed E-state index contributed by atoms with van der Waals surface area (Å²) >= 11 is 0. The van der Waals surface area contributed by atoms with Gasteiger partial charge in [-0.05, 0) is 42.5 Å². The largest absolute Gasteiger partial charge is 0.463 e. The van der Waals surface area contributed by atoms with Crippen LogP contribution in [0.15, 0.2) is 103 Å². The zero-order valence-corrected chi connectivity index (χ0v) is 22.6. The number of rotatable bonds is 14. The number of esters is 1. The maximum absolute atomic E-state index is 13.5. The van der Waals surface area contributed by atoms with E-state index in [0.717, 1.165) is 22.8 Å². The predicted octanol–water partition coefficient (Wildman–Crippen LogP) is 4.12. The number of aliphatic hydroxyl groups is 1. The third kappa shape index (κ3) is 10.7. The van der Waals surface area contributed by atoms with Gasteiger partial charge in [-0.15, -0.1) is 0 Å². The van der Waals surface area contributed by atoms with Crippen molar-refractivity contribution in [1.82, 2.24) is 10.6 Å². The van der Waals surface area contributed by atoms with Crippen LogP contribution in [0.25, 0.3) is 0 Å². The van der Waals surface area contributed by atoms with Gasteiger partial charge in [0.1, 0.15) is 12.6 Å². The first kappa shape index (κ1) is 30.1. The summed E-state index contributed by atoms with van der Waals surface area (Å²) in [5.41, 5.74) is 2.69. The van der Waals surface area contributed by atoms with E-state index < -0.39 is 36.2 Å². The molecule has 3 aromatic carbocycles. The fourth-order valence-electron chi connectivity index (χ4n) is 4.05. The summed E-state index contributed by atoms with van der Waals surface area (Å²) in [4.78, 5) is 38.0. The topological polar surface area (TPSA) is 114 Å². The Balaban J connectivity index is 1.73. The summed E-state index contributed by atoms with van der Waals surface area (Å²) < 4.78 is 10.3. The molecule has 3 atom stereocenters. The molecule has 0 spiro atoms. The zero-order chi connectivity index (χ0) is 28.6. The lowest BCUT2D eigenvalue weighted by Gasteiger charge is -2.26. The number of benzene rings is 3. The molecule has 0 aliphatic rings. The number of amides is 2. The van der Waals surface area contributed by atoms with E-state index >= 15 is 0 Å². The SMILES string of the molecule is CCOC(=O)/C=C/[C@H](O)[C@H](CCc1ccccc1)NC(=O)[C@H](Cc1ccccc1)NC(=O)OCc1ccccc1. The van der Waals surface area contributed by atoms with Crippen LogP contribution in [0.4, 0.5) is 4.79 Å². The first-order valence-electron chi connectivity index (χ1n) is 13.3. The van der Waals surface area contributed by atoms with Gasteiger partial charge in [-0.2, -0.15) is 0 Å². The molecule has 0 aromatic heterocycles. The third-order valence-electron chi connectivity index (χ3n) is 6.15. The van der Waals surface area contributed by atoms with E-state index in [0.29, 0.717) is 12.8 Å². The second-order valence-corrected chi connectivity index (χ2v) is 9.19. The van der Waals surface area contributed by atoms with Gasteiger partial charge in [0.2, 0.25) is 5.91 Å².